The average Bonchev–Trinajstić information content (AvgIpc) is 3.06. The van der Waals surface area contributed by atoms with Gasteiger partial charge < -0.3 is 4.90 Å². The van der Waals surface area contributed by atoms with Crippen molar-refractivity contribution in [3.05, 3.63) is 60.4 Å². The summed E-state index contributed by atoms with van der Waals surface area (Å²) in [5.74, 6) is -2.61. The van der Waals surface area contributed by atoms with Crippen molar-refractivity contribution in [2.45, 2.75) is 25.3 Å². The molecular weight excluding hydrogens is 320 g/mol. The molecule has 3 heterocycles. The third-order valence-electron chi connectivity index (χ3n) is 5.63. The molecule has 2 aromatic rings. The Labute approximate surface area is 147 Å². The van der Waals surface area contributed by atoms with Crippen LogP contribution in [0.3, 0.4) is 0 Å². The number of pyridine rings is 1. The van der Waals surface area contributed by atoms with Gasteiger partial charge in [0.2, 0.25) is 0 Å². The maximum absolute atomic E-state index is 14.9. The summed E-state index contributed by atoms with van der Waals surface area (Å²) in [6, 6.07) is 15.7. The van der Waals surface area contributed by atoms with Gasteiger partial charge in [0.25, 0.3) is 5.92 Å². The first-order chi connectivity index (χ1) is 12.1. The van der Waals surface area contributed by atoms with Crippen LogP contribution < -0.4 is 4.90 Å². The minimum atomic E-state index is -2.61. The van der Waals surface area contributed by atoms with Gasteiger partial charge in [0.05, 0.1) is 11.1 Å². The van der Waals surface area contributed by atoms with E-state index in [9.17, 15) is 8.78 Å². The molecule has 0 saturated carbocycles. The number of likely N-dealkylation sites (tertiary alicyclic amines) is 1. The number of alkyl halides is 2. The van der Waals surface area contributed by atoms with Gasteiger partial charge in [0.1, 0.15) is 0 Å². The zero-order valence-corrected chi connectivity index (χ0v) is 14.2. The second kappa shape index (κ2) is 6.37. The monoisotopic (exact) mass is 343 g/mol. The number of rotatable bonds is 3. The largest absolute Gasteiger partial charge is 0.371 e. The molecule has 4 rings (SSSR count). The van der Waals surface area contributed by atoms with E-state index in [1.54, 1.807) is 6.20 Å². The van der Waals surface area contributed by atoms with Gasteiger partial charge in [-0.3, -0.25) is 9.88 Å². The molecule has 1 atom stereocenters. The lowest BCUT2D eigenvalue weighted by Crippen LogP contribution is -2.56. The van der Waals surface area contributed by atoms with Crippen LogP contribution in [0.4, 0.5) is 14.5 Å². The topological polar surface area (TPSA) is 19.4 Å². The Hall–Kier alpha value is -2.01. The normalized spacial score (nSPS) is 26.2. The first-order valence-corrected chi connectivity index (χ1v) is 8.88. The Bertz CT molecular complexity index is 707. The molecule has 0 aliphatic carbocycles. The molecule has 2 aliphatic rings. The van der Waals surface area contributed by atoms with E-state index >= 15 is 0 Å². The fraction of sp³-hybridized carbons (Fsp3) is 0.450. The van der Waals surface area contributed by atoms with Gasteiger partial charge in [0, 0.05) is 51.0 Å². The van der Waals surface area contributed by atoms with Crippen LogP contribution in [-0.2, 0) is 6.54 Å². The van der Waals surface area contributed by atoms with E-state index in [1.165, 1.54) is 0 Å². The number of benzene rings is 1. The highest BCUT2D eigenvalue weighted by Gasteiger charge is 2.59. The van der Waals surface area contributed by atoms with Crippen LogP contribution in [0, 0.1) is 5.41 Å². The maximum Gasteiger partial charge on any atom is 0.257 e. The molecule has 3 nitrogen and oxygen atoms in total. The lowest BCUT2D eigenvalue weighted by molar-refractivity contribution is -0.159. The number of para-hydroxylation sites is 1. The highest BCUT2D eigenvalue weighted by Crippen LogP contribution is 2.50. The number of nitrogens with zero attached hydrogens (tertiary/aromatic N) is 3. The predicted octanol–water partition coefficient (Wildman–Crippen LogP) is 3.82. The minimum Gasteiger partial charge on any atom is -0.371 e. The minimum absolute atomic E-state index is 0.0670. The lowest BCUT2D eigenvalue weighted by atomic mass is 9.75. The molecule has 1 spiro atoms. The lowest BCUT2D eigenvalue weighted by Gasteiger charge is -2.46. The number of halogens is 2. The molecule has 2 aliphatic heterocycles. The molecular formula is C20H23F2N3. The summed E-state index contributed by atoms with van der Waals surface area (Å²) in [7, 11) is 0. The molecule has 5 heteroatoms. The van der Waals surface area contributed by atoms with Crippen LogP contribution in [0.1, 0.15) is 18.5 Å². The average molecular weight is 343 g/mol. The highest BCUT2D eigenvalue weighted by molar-refractivity contribution is 5.47. The molecule has 2 saturated heterocycles. The summed E-state index contributed by atoms with van der Waals surface area (Å²) in [4.78, 5) is 8.60. The third kappa shape index (κ3) is 3.13. The smallest absolute Gasteiger partial charge is 0.257 e. The summed E-state index contributed by atoms with van der Waals surface area (Å²) in [5, 5.41) is 0. The standard InChI is InChI=1S/C20H23F2N3/c21-20(22)10-12-24(14-17-6-4-5-11-23-17)15-19(20)9-13-25(16-19)18-7-2-1-3-8-18/h1-8,11H,9-10,12-16H2/t19-/m0/s1. The molecule has 0 unspecified atom stereocenters. The molecule has 132 valence electrons. The summed E-state index contributed by atoms with van der Waals surface area (Å²) in [5.41, 5.74) is 1.02. The van der Waals surface area contributed by atoms with Crippen molar-refractivity contribution in [1.82, 2.24) is 9.88 Å². The number of hydrogen-bond acceptors (Lipinski definition) is 3. The van der Waals surface area contributed by atoms with E-state index in [0.29, 0.717) is 39.1 Å². The fourth-order valence-corrected chi connectivity index (χ4v) is 4.20. The second-order valence-corrected chi connectivity index (χ2v) is 7.27. The Kier molecular flexibility index (Phi) is 4.20. The van der Waals surface area contributed by atoms with E-state index in [2.05, 4.69) is 14.8 Å². The van der Waals surface area contributed by atoms with Crippen molar-refractivity contribution in [2.24, 2.45) is 5.41 Å². The molecule has 0 amide bonds. The van der Waals surface area contributed by atoms with Gasteiger partial charge in [-0.15, -0.1) is 0 Å². The van der Waals surface area contributed by atoms with Gasteiger partial charge >= 0.3 is 0 Å². The summed E-state index contributed by atoms with van der Waals surface area (Å²) in [6.45, 7) is 2.61. The summed E-state index contributed by atoms with van der Waals surface area (Å²) < 4.78 is 29.8. The van der Waals surface area contributed by atoms with Gasteiger partial charge in [-0.2, -0.15) is 0 Å². The van der Waals surface area contributed by atoms with Crippen LogP contribution in [0.15, 0.2) is 54.7 Å². The van der Waals surface area contributed by atoms with Crippen molar-refractivity contribution in [3.8, 4) is 0 Å². The SMILES string of the molecule is FC1(F)CCN(Cc2ccccn2)C[C@]12CCN(c1ccccc1)C2. The number of hydrogen-bond donors (Lipinski definition) is 0. The fourth-order valence-electron chi connectivity index (χ4n) is 4.20. The Morgan fingerprint density at radius 3 is 2.48 bits per heavy atom. The van der Waals surface area contributed by atoms with E-state index in [-0.39, 0.29) is 6.42 Å². The zero-order chi connectivity index (χ0) is 17.3. The summed E-state index contributed by atoms with van der Waals surface area (Å²) >= 11 is 0. The van der Waals surface area contributed by atoms with Crippen molar-refractivity contribution in [3.63, 3.8) is 0 Å². The third-order valence-corrected chi connectivity index (χ3v) is 5.63. The van der Waals surface area contributed by atoms with Crippen LogP contribution in [0.25, 0.3) is 0 Å². The van der Waals surface area contributed by atoms with Gasteiger partial charge in [-0.1, -0.05) is 24.3 Å². The van der Waals surface area contributed by atoms with Gasteiger partial charge in [-0.25, -0.2) is 8.78 Å². The van der Waals surface area contributed by atoms with Crippen molar-refractivity contribution in [2.75, 3.05) is 31.1 Å². The first-order valence-electron chi connectivity index (χ1n) is 8.88. The van der Waals surface area contributed by atoms with Crippen molar-refractivity contribution >= 4 is 5.69 Å². The Balaban J connectivity index is 1.52. The number of aromatic nitrogens is 1. The highest BCUT2D eigenvalue weighted by atomic mass is 19.3. The van der Waals surface area contributed by atoms with Crippen LogP contribution in [-0.4, -0.2) is 42.0 Å². The Morgan fingerprint density at radius 2 is 1.72 bits per heavy atom. The summed E-state index contributed by atoms with van der Waals surface area (Å²) in [6.07, 6.45) is 2.23. The quantitative estimate of drug-likeness (QED) is 0.845. The first kappa shape index (κ1) is 16.5. The maximum atomic E-state index is 14.9. The molecule has 25 heavy (non-hydrogen) atoms. The number of anilines is 1. The molecule has 0 radical (unpaired) electrons. The Morgan fingerprint density at radius 1 is 0.920 bits per heavy atom. The molecule has 0 bridgehead atoms. The van der Waals surface area contributed by atoms with E-state index in [4.69, 9.17) is 0 Å². The van der Waals surface area contributed by atoms with Crippen LogP contribution in [0.2, 0.25) is 0 Å². The van der Waals surface area contributed by atoms with E-state index < -0.39 is 11.3 Å². The zero-order valence-electron chi connectivity index (χ0n) is 14.2. The van der Waals surface area contributed by atoms with Gasteiger partial charge in [-0.05, 0) is 30.7 Å². The molecule has 1 aromatic heterocycles. The van der Waals surface area contributed by atoms with Crippen LogP contribution >= 0.6 is 0 Å². The van der Waals surface area contributed by atoms with Crippen LogP contribution in [0.5, 0.6) is 0 Å². The predicted molar refractivity (Wildman–Crippen MR) is 94.8 cm³/mol. The second-order valence-electron chi connectivity index (χ2n) is 7.27. The van der Waals surface area contributed by atoms with E-state index in [1.807, 2.05) is 48.5 Å². The molecule has 0 N–H and O–H groups in total. The van der Waals surface area contributed by atoms with E-state index in [0.717, 1.165) is 11.4 Å². The van der Waals surface area contributed by atoms with Crippen molar-refractivity contribution in [1.29, 1.82) is 0 Å². The molecule has 1 aromatic carbocycles. The van der Waals surface area contributed by atoms with Crippen molar-refractivity contribution < 1.29 is 8.78 Å². The van der Waals surface area contributed by atoms with Gasteiger partial charge in [0.15, 0.2) is 0 Å². The number of piperidine rings is 1. The molecule has 2 fully saturated rings.